The van der Waals surface area contributed by atoms with E-state index >= 15 is 0 Å². The molecule has 0 bridgehead atoms. The molecule has 4 atom stereocenters. The van der Waals surface area contributed by atoms with Gasteiger partial charge in [0.15, 0.2) is 6.10 Å². The van der Waals surface area contributed by atoms with Crippen molar-refractivity contribution in [1.82, 2.24) is 4.98 Å². The standard InChI is InChI=1S/C22H18ClF3N2O6/c23-14-3-1-2-11-4-9-16(27-18(11)14)28(12-5-7-13(8-6-12)34-22(24,25)26)17-10-15(29)19(30)20(33-17)21(31)32/h1-9,15,17,19-20,29-30H,10H2,(H,31,32)/t15-,17-,19+,20+/m1/s1. The largest absolute Gasteiger partial charge is 0.573 e. The molecule has 0 aliphatic carbocycles. The Labute approximate surface area is 195 Å². The molecule has 34 heavy (non-hydrogen) atoms. The summed E-state index contributed by atoms with van der Waals surface area (Å²) in [4.78, 5) is 17.5. The number of fused-ring (bicyclic) bond motifs is 1. The predicted octanol–water partition coefficient (Wildman–Crippen LogP) is 3.85. The lowest BCUT2D eigenvalue weighted by Crippen LogP contribution is -2.55. The fraction of sp³-hybridized carbons (Fsp3) is 0.273. The number of ether oxygens (including phenoxy) is 2. The summed E-state index contributed by atoms with van der Waals surface area (Å²) in [5.74, 6) is -1.73. The van der Waals surface area contributed by atoms with Crippen molar-refractivity contribution in [3.8, 4) is 5.75 Å². The van der Waals surface area contributed by atoms with Crippen LogP contribution in [0.4, 0.5) is 24.7 Å². The molecule has 2 heterocycles. The van der Waals surface area contributed by atoms with Crippen LogP contribution < -0.4 is 9.64 Å². The van der Waals surface area contributed by atoms with E-state index in [2.05, 4.69) is 9.72 Å². The highest BCUT2D eigenvalue weighted by atomic mass is 35.5. The van der Waals surface area contributed by atoms with Crippen molar-refractivity contribution in [2.45, 2.75) is 37.3 Å². The molecule has 0 saturated carbocycles. The number of hydrogen-bond acceptors (Lipinski definition) is 7. The predicted molar refractivity (Wildman–Crippen MR) is 115 cm³/mol. The molecule has 1 aromatic heterocycles. The first-order valence-electron chi connectivity index (χ1n) is 9.98. The summed E-state index contributed by atoms with van der Waals surface area (Å²) in [6.07, 6.45) is -11.1. The minimum Gasteiger partial charge on any atom is -0.479 e. The molecule has 0 spiro atoms. The summed E-state index contributed by atoms with van der Waals surface area (Å²) in [7, 11) is 0. The van der Waals surface area contributed by atoms with Crippen LogP contribution >= 0.6 is 11.6 Å². The van der Waals surface area contributed by atoms with Crippen LogP contribution in [0.15, 0.2) is 54.6 Å². The molecule has 3 aromatic rings. The highest BCUT2D eigenvalue weighted by Crippen LogP contribution is 2.36. The van der Waals surface area contributed by atoms with E-state index < -0.39 is 42.6 Å². The average molecular weight is 499 g/mol. The van der Waals surface area contributed by atoms with Crippen LogP contribution in [-0.4, -0.2) is 57.2 Å². The van der Waals surface area contributed by atoms with Crippen molar-refractivity contribution in [3.63, 3.8) is 0 Å². The molecular weight excluding hydrogens is 481 g/mol. The number of aliphatic hydroxyl groups excluding tert-OH is 2. The third-order valence-electron chi connectivity index (χ3n) is 5.23. The number of aliphatic carboxylic acids is 1. The van der Waals surface area contributed by atoms with Gasteiger partial charge in [-0.1, -0.05) is 23.7 Å². The SMILES string of the molecule is O=C(O)[C@H]1O[C@@H](N(c2ccc(OC(F)(F)F)cc2)c2ccc3cccc(Cl)c3n2)C[C@@H](O)[C@@H]1O. The van der Waals surface area contributed by atoms with E-state index in [0.29, 0.717) is 15.9 Å². The van der Waals surface area contributed by atoms with E-state index in [1.54, 1.807) is 30.3 Å². The summed E-state index contributed by atoms with van der Waals surface area (Å²) in [5, 5.41) is 30.8. The number of aromatic nitrogens is 1. The van der Waals surface area contributed by atoms with Crippen LogP contribution in [0.1, 0.15) is 6.42 Å². The van der Waals surface area contributed by atoms with Crippen LogP contribution in [0.2, 0.25) is 5.02 Å². The smallest absolute Gasteiger partial charge is 0.479 e. The van der Waals surface area contributed by atoms with Gasteiger partial charge in [-0.25, -0.2) is 9.78 Å². The molecule has 0 radical (unpaired) electrons. The summed E-state index contributed by atoms with van der Waals surface area (Å²) >= 11 is 6.27. The van der Waals surface area contributed by atoms with Crippen LogP contribution in [0.5, 0.6) is 5.75 Å². The number of aliphatic hydroxyl groups is 2. The third kappa shape index (κ3) is 5.02. The molecule has 12 heteroatoms. The number of carboxylic acid groups (broad SMARTS) is 1. The molecule has 3 N–H and O–H groups in total. The lowest BCUT2D eigenvalue weighted by molar-refractivity contribution is -0.274. The fourth-order valence-electron chi connectivity index (χ4n) is 3.71. The molecule has 0 amide bonds. The summed E-state index contributed by atoms with van der Waals surface area (Å²) in [6, 6.07) is 13.2. The first kappa shape index (κ1) is 24.0. The van der Waals surface area contributed by atoms with Gasteiger partial charge in [0.25, 0.3) is 0 Å². The second kappa shape index (κ2) is 9.26. The number of nitrogens with zero attached hydrogens (tertiary/aromatic N) is 2. The lowest BCUT2D eigenvalue weighted by Gasteiger charge is -2.41. The second-order valence-electron chi connectivity index (χ2n) is 7.54. The zero-order valence-electron chi connectivity index (χ0n) is 17.2. The van der Waals surface area contributed by atoms with Crippen molar-refractivity contribution in [2.24, 2.45) is 0 Å². The van der Waals surface area contributed by atoms with Crippen LogP contribution in [0, 0.1) is 0 Å². The Morgan fingerprint density at radius 3 is 2.47 bits per heavy atom. The molecule has 2 aromatic carbocycles. The van der Waals surface area contributed by atoms with Crippen LogP contribution in [-0.2, 0) is 9.53 Å². The van der Waals surface area contributed by atoms with Crippen molar-refractivity contribution in [1.29, 1.82) is 0 Å². The number of rotatable bonds is 5. The molecule has 1 fully saturated rings. The summed E-state index contributed by atoms with van der Waals surface area (Å²) < 4.78 is 47.2. The van der Waals surface area contributed by atoms with Crippen LogP contribution in [0.25, 0.3) is 10.9 Å². The topological polar surface area (TPSA) is 112 Å². The van der Waals surface area contributed by atoms with Crippen molar-refractivity contribution < 1.29 is 42.8 Å². The number of carboxylic acids is 1. The highest BCUT2D eigenvalue weighted by molar-refractivity contribution is 6.35. The Hall–Kier alpha value is -3.12. The minimum atomic E-state index is -4.88. The van der Waals surface area contributed by atoms with E-state index in [1.807, 2.05) is 0 Å². The first-order chi connectivity index (χ1) is 16.0. The van der Waals surface area contributed by atoms with Gasteiger partial charge in [0.05, 0.1) is 16.6 Å². The Balaban J connectivity index is 1.78. The molecule has 180 valence electrons. The van der Waals surface area contributed by atoms with Gasteiger partial charge in [0, 0.05) is 17.5 Å². The number of carbonyl (C=O) groups is 1. The Morgan fingerprint density at radius 2 is 1.82 bits per heavy atom. The molecule has 1 aliphatic heterocycles. The monoisotopic (exact) mass is 498 g/mol. The number of alkyl halides is 3. The van der Waals surface area contributed by atoms with Crippen molar-refractivity contribution >= 4 is 40.0 Å². The van der Waals surface area contributed by atoms with Gasteiger partial charge in [0.1, 0.15) is 23.9 Å². The number of hydrogen-bond donors (Lipinski definition) is 3. The van der Waals surface area contributed by atoms with Gasteiger partial charge in [-0.2, -0.15) is 0 Å². The highest BCUT2D eigenvalue weighted by Gasteiger charge is 2.43. The van der Waals surface area contributed by atoms with Gasteiger partial charge in [0.2, 0.25) is 0 Å². The number of pyridine rings is 1. The minimum absolute atomic E-state index is 0.214. The number of benzene rings is 2. The fourth-order valence-corrected chi connectivity index (χ4v) is 3.94. The maximum atomic E-state index is 12.6. The van der Waals surface area contributed by atoms with Gasteiger partial charge in [-0.05, 0) is 42.5 Å². The van der Waals surface area contributed by atoms with E-state index in [0.717, 1.165) is 12.1 Å². The quantitative estimate of drug-likeness (QED) is 0.486. The molecule has 8 nitrogen and oxygen atoms in total. The molecule has 1 aliphatic rings. The zero-order valence-corrected chi connectivity index (χ0v) is 17.9. The van der Waals surface area contributed by atoms with E-state index in [1.165, 1.54) is 17.0 Å². The number of halogens is 4. The maximum Gasteiger partial charge on any atom is 0.573 e. The zero-order chi connectivity index (χ0) is 24.6. The molecular formula is C22H18ClF3N2O6. The maximum absolute atomic E-state index is 12.6. The Bertz CT molecular complexity index is 1190. The Kier molecular flexibility index (Phi) is 6.54. The van der Waals surface area contributed by atoms with Crippen molar-refractivity contribution in [3.05, 3.63) is 59.6 Å². The van der Waals surface area contributed by atoms with E-state index in [9.17, 15) is 33.3 Å². The van der Waals surface area contributed by atoms with Crippen molar-refractivity contribution in [2.75, 3.05) is 4.90 Å². The molecule has 0 unspecified atom stereocenters. The first-order valence-corrected chi connectivity index (χ1v) is 10.4. The lowest BCUT2D eigenvalue weighted by atomic mass is 9.99. The third-order valence-corrected chi connectivity index (χ3v) is 5.54. The number of para-hydroxylation sites is 1. The van der Waals surface area contributed by atoms with Gasteiger partial charge in [-0.3, -0.25) is 4.90 Å². The molecule has 1 saturated heterocycles. The van der Waals surface area contributed by atoms with Gasteiger partial charge in [-0.15, -0.1) is 13.2 Å². The normalized spacial score (nSPS) is 23.0. The van der Waals surface area contributed by atoms with E-state index in [4.69, 9.17) is 16.3 Å². The van der Waals surface area contributed by atoms with Gasteiger partial charge >= 0.3 is 12.3 Å². The second-order valence-corrected chi connectivity index (χ2v) is 7.94. The average Bonchev–Trinajstić information content (AvgIpc) is 2.76. The Morgan fingerprint density at radius 1 is 1.12 bits per heavy atom. The van der Waals surface area contributed by atoms with Crippen LogP contribution in [0.3, 0.4) is 0 Å². The summed E-state index contributed by atoms with van der Waals surface area (Å²) in [6.45, 7) is 0. The molecule has 4 rings (SSSR count). The number of anilines is 2. The van der Waals surface area contributed by atoms with E-state index in [-0.39, 0.29) is 17.9 Å². The van der Waals surface area contributed by atoms with Gasteiger partial charge < -0.3 is 24.8 Å². The summed E-state index contributed by atoms with van der Waals surface area (Å²) in [5.41, 5.74) is 0.695.